The third-order valence-electron chi connectivity index (χ3n) is 4.32. The number of nitrogens with two attached hydrogens (primary N) is 1. The molecule has 2 aliphatic heterocycles. The van der Waals surface area contributed by atoms with Gasteiger partial charge < -0.3 is 20.3 Å². The van der Waals surface area contributed by atoms with Gasteiger partial charge in [0.1, 0.15) is 12.8 Å². The number of nitrogens with zero attached hydrogens (tertiary/aromatic N) is 1. The molecule has 2 aliphatic rings. The zero-order valence-electron chi connectivity index (χ0n) is 13.1. The fourth-order valence-electron chi connectivity index (χ4n) is 3.05. The number of rotatable bonds is 7. The molecule has 3 atom stereocenters. The number of amides is 1. The Kier molecular flexibility index (Phi) is 6.35. The van der Waals surface area contributed by atoms with Crippen molar-refractivity contribution in [2.75, 3.05) is 19.7 Å². The summed E-state index contributed by atoms with van der Waals surface area (Å²) in [6, 6.07) is 0. The van der Waals surface area contributed by atoms with Crippen molar-refractivity contribution in [3.63, 3.8) is 0 Å². The van der Waals surface area contributed by atoms with Crippen LogP contribution < -0.4 is 5.73 Å². The van der Waals surface area contributed by atoms with Crippen molar-refractivity contribution in [2.24, 2.45) is 11.7 Å². The molecule has 1 unspecified atom stereocenters. The van der Waals surface area contributed by atoms with Crippen LogP contribution in [0, 0.1) is 5.92 Å². The number of likely N-dealkylation sites (tertiary alicyclic amines) is 1. The van der Waals surface area contributed by atoms with Gasteiger partial charge in [0.2, 0.25) is 5.91 Å². The number of carbonyl (C=O) groups excluding carboxylic acids is 2. The van der Waals surface area contributed by atoms with Crippen LogP contribution in [0.2, 0.25) is 0 Å². The monoisotopic (exact) mass is 328 g/mol. The Labute approximate surface area is 134 Å². The fraction of sp³-hybridized carbons (Fsp3) is 0.800. The molecule has 0 bridgehead atoms. The number of primary amides is 1. The summed E-state index contributed by atoms with van der Waals surface area (Å²) >= 11 is 0. The van der Waals surface area contributed by atoms with E-state index in [1.54, 1.807) is 0 Å². The number of carboxylic acids is 1. The Morgan fingerprint density at radius 2 is 2.00 bits per heavy atom. The summed E-state index contributed by atoms with van der Waals surface area (Å²) in [5, 5.41) is 8.51. The first kappa shape index (κ1) is 17.7. The van der Waals surface area contributed by atoms with Gasteiger partial charge in [-0.15, -0.1) is 0 Å². The standard InChI is InChI=1S/C15H24N2O6/c16-15(21)10-2-1-7-17(8-10)12-4-3-11(23-12)9-22-14(20)6-5-13(18)19/h10-12H,1-9H2,(H2,16,21)(H,18,19)/t10?,11-,12+/m0/s1. The van der Waals surface area contributed by atoms with Gasteiger partial charge in [-0.2, -0.15) is 0 Å². The summed E-state index contributed by atoms with van der Waals surface area (Å²) in [6.07, 6.45) is 2.73. The van der Waals surface area contributed by atoms with Gasteiger partial charge in [0.05, 0.1) is 24.9 Å². The molecule has 8 nitrogen and oxygen atoms in total. The molecule has 2 rings (SSSR count). The molecule has 23 heavy (non-hydrogen) atoms. The normalized spacial score (nSPS) is 28.4. The molecule has 130 valence electrons. The molecular formula is C15H24N2O6. The molecule has 2 heterocycles. The summed E-state index contributed by atoms with van der Waals surface area (Å²) < 4.78 is 10.9. The fourth-order valence-corrected chi connectivity index (χ4v) is 3.05. The van der Waals surface area contributed by atoms with Crippen molar-refractivity contribution in [1.82, 2.24) is 4.90 Å². The summed E-state index contributed by atoms with van der Waals surface area (Å²) in [6.45, 7) is 1.63. The molecule has 3 N–H and O–H groups in total. The van der Waals surface area contributed by atoms with Crippen molar-refractivity contribution >= 4 is 17.8 Å². The van der Waals surface area contributed by atoms with E-state index in [0.29, 0.717) is 6.54 Å². The van der Waals surface area contributed by atoms with E-state index in [1.807, 2.05) is 0 Å². The zero-order valence-corrected chi connectivity index (χ0v) is 13.1. The van der Waals surface area contributed by atoms with E-state index < -0.39 is 11.9 Å². The van der Waals surface area contributed by atoms with E-state index in [2.05, 4.69) is 4.90 Å². The summed E-state index contributed by atoms with van der Waals surface area (Å²) in [5.74, 6) is -1.93. The Morgan fingerprint density at radius 1 is 1.22 bits per heavy atom. The summed E-state index contributed by atoms with van der Waals surface area (Å²) in [4.78, 5) is 35.2. The Bertz CT molecular complexity index is 455. The van der Waals surface area contributed by atoms with Crippen molar-refractivity contribution < 1.29 is 29.0 Å². The minimum absolute atomic E-state index is 0.0696. The number of aliphatic carboxylic acids is 1. The van der Waals surface area contributed by atoms with Crippen LogP contribution >= 0.6 is 0 Å². The average molecular weight is 328 g/mol. The van der Waals surface area contributed by atoms with Gasteiger partial charge in [0.25, 0.3) is 0 Å². The van der Waals surface area contributed by atoms with Gasteiger partial charge in [-0.25, -0.2) is 0 Å². The van der Waals surface area contributed by atoms with E-state index in [1.165, 1.54) is 0 Å². The summed E-state index contributed by atoms with van der Waals surface area (Å²) in [5.41, 5.74) is 5.38. The van der Waals surface area contributed by atoms with Crippen molar-refractivity contribution in [3.05, 3.63) is 0 Å². The van der Waals surface area contributed by atoms with Gasteiger partial charge in [-0.1, -0.05) is 0 Å². The number of ether oxygens (including phenoxy) is 2. The third-order valence-corrected chi connectivity index (χ3v) is 4.32. The van der Waals surface area contributed by atoms with Crippen LogP contribution in [0.1, 0.15) is 38.5 Å². The largest absolute Gasteiger partial charge is 0.481 e. The maximum atomic E-state index is 11.4. The Hall–Kier alpha value is -1.67. The molecule has 1 amide bonds. The molecular weight excluding hydrogens is 304 g/mol. The lowest BCUT2D eigenvalue weighted by atomic mass is 9.97. The third kappa shape index (κ3) is 5.47. The number of hydrogen-bond acceptors (Lipinski definition) is 6. The maximum absolute atomic E-state index is 11.4. The van der Waals surface area contributed by atoms with Gasteiger partial charge in [-0.3, -0.25) is 19.3 Å². The van der Waals surface area contributed by atoms with Crippen LogP contribution in [0.15, 0.2) is 0 Å². The van der Waals surface area contributed by atoms with Crippen LogP contribution in [0.3, 0.4) is 0 Å². The first-order chi connectivity index (χ1) is 11.0. The zero-order chi connectivity index (χ0) is 16.8. The second-order valence-corrected chi connectivity index (χ2v) is 6.10. The van der Waals surface area contributed by atoms with Gasteiger partial charge in [0.15, 0.2) is 0 Å². The van der Waals surface area contributed by atoms with Crippen molar-refractivity contribution in [2.45, 2.75) is 50.9 Å². The minimum Gasteiger partial charge on any atom is -0.481 e. The Morgan fingerprint density at radius 3 is 2.70 bits per heavy atom. The Balaban J connectivity index is 1.70. The lowest BCUT2D eigenvalue weighted by Crippen LogP contribution is -2.46. The van der Waals surface area contributed by atoms with E-state index in [4.69, 9.17) is 20.3 Å². The molecule has 0 saturated carbocycles. The molecule has 0 aromatic rings. The van der Waals surface area contributed by atoms with Crippen molar-refractivity contribution in [3.8, 4) is 0 Å². The highest BCUT2D eigenvalue weighted by molar-refractivity contribution is 5.77. The lowest BCUT2D eigenvalue weighted by molar-refractivity contribution is -0.153. The molecule has 8 heteroatoms. The van der Waals surface area contributed by atoms with Crippen molar-refractivity contribution in [1.29, 1.82) is 0 Å². The minimum atomic E-state index is -1.02. The lowest BCUT2D eigenvalue weighted by Gasteiger charge is -2.35. The van der Waals surface area contributed by atoms with Gasteiger partial charge in [0, 0.05) is 13.1 Å². The predicted molar refractivity (Wildman–Crippen MR) is 79.2 cm³/mol. The van der Waals surface area contributed by atoms with Gasteiger partial charge in [-0.05, 0) is 25.7 Å². The number of carbonyl (C=O) groups is 3. The SMILES string of the molecule is NC(=O)C1CCCN([C@H]2CC[C@@H](COC(=O)CCC(=O)O)O2)C1. The van der Waals surface area contributed by atoms with Crippen LogP contribution in [0.4, 0.5) is 0 Å². The first-order valence-corrected chi connectivity index (χ1v) is 8.02. The smallest absolute Gasteiger partial charge is 0.306 e. The van der Waals surface area contributed by atoms with Crippen LogP contribution in [0.5, 0.6) is 0 Å². The molecule has 0 aromatic heterocycles. The number of esters is 1. The van der Waals surface area contributed by atoms with Crippen LogP contribution in [-0.2, 0) is 23.9 Å². The molecule has 0 radical (unpaired) electrons. The van der Waals surface area contributed by atoms with Gasteiger partial charge >= 0.3 is 11.9 Å². The molecule has 0 spiro atoms. The number of carboxylic acid groups (broad SMARTS) is 1. The van der Waals surface area contributed by atoms with Crippen LogP contribution in [0.25, 0.3) is 0 Å². The van der Waals surface area contributed by atoms with E-state index in [0.717, 1.165) is 32.2 Å². The average Bonchev–Trinajstić information content (AvgIpc) is 3.00. The number of hydrogen-bond donors (Lipinski definition) is 2. The quantitative estimate of drug-likeness (QED) is 0.636. The summed E-state index contributed by atoms with van der Waals surface area (Å²) in [7, 11) is 0. The predicted octanol–water partition coefficient (Wildman–Crippen LogP) is 0.0968. The molecule has 2 fully saturated rings. The highest BCUT2D eigenvalue weighted by atomic mass is 16.6. The topological polar surface area (TPSA) is 119 Å². The molecule has 0 aromatic carbocycles. The second-order valence-electron chi connectivity index (χ2n) is 6.10. The van der Waals surface area contributed by atoms with E-state index in [-0.39, 0.29) is 43.6 Å². The van der Waals surface area contributed by atoms with E-state index >= 15 is 0 Å². The highest BCUT2D eigenvalue weighted by Gasteiger charge is 2.34. The molecule has 2 saturated heterocycles. The van der Waals surface area contributed by atoms with E-state index in [9.17, 15) is 14.4 Å². The highest BCUT2D eigenvalue weighted by Crippen LogP contribution is 2.27. The molecule has 0 aliphatic carbocycles. The number of piperidine rings is 1. The van der Waals surface area contributed by atoms with Crippen LogP contribution in [-0.4, -0.2) is 59.9 Å². The second kappa shape index (κ2) is 8.26. The first-order valence-electron chi connectivity index (χ1n) is 8.02. The maximum Gasteiger partial charge on any atom is 0.306 e.